The number of aliphatic imine (C=N–C) groups is 1. The maximum Gasteiger partial charge on any atom is 0.407 e. The molecule has 3 N–H and O–H groups in total. The number of alkyl carbamates (subject to hydrolysis) is 1. The van der Waals surface area contributed by atoms with Gasteiger partial charge in [-0.3, -0.25) is 4.99 Å². The molecule has 0 bridgehead atoms. The third kappa shape index (κ3) is 9.55. The number of benzene rings is 1. The van der Waals surface area contributed by atoms with Gasteiger partial charge in [0, 0.05) is 36.3 Å². The van der Waals surface area contributed by atoms with Crippen LogP contribution in [0.4, 0.5) is 4.79 Å². The van der Waals surface area contributed by atoms with Crippen LogP contribution >= 0.6 is 35.7 Å². The average molecular weight is 506 g/mol. The second kappa shape index (κ2) is 11.0. The molecule has 1 aromatic rings. The van der Waals surface area contributed by atoms with Crippen LogP contribution in [0.2, 0.25) is 0 Å². The summed E-state index contributed by atoms with van der Waals surface area (Å²) in [5.41, 5.74) is -0.482. The van der Waals surface area contributed by atoms with E-state index in [4.69, 9.17) is 4.74 Å². The molecule has 1 aromatic carbocycles. The average Bonchev–Trinajstić information content (AvgIpc) is 3.33. The molecule has 0 spiro atoms. The molecule has 0 heterocycles. The molecular weight excluding hydrogens is 475 g/mol. The van der Waals surface area contributed by atoms with Crippen molar-refractivity contribution in [2.75, 3.05) is 26.7 Å². The van der Waals surface area contributed by atoms with E-state index in [9.17, 15) is 4.79 Å². The standard InChI is InChI=1S/C19H30N4O2S.HI/c1-18(2,3)25-17(24)22-13-12-21-16(20-4)23-14-19(10-11-19)26-15-8-6-5-7-9-15;/h5-9H,10-14H2,1-4H3,(H,22,24)(H2,20,21,23);1H. The molecule has 1 aliphatic carbocycles. The van der Waals surface area contributed by atoms with Gasteiger partial charge in [-0.2, -0.15) is 0 Å². The number of hydrogen-bond acceptors (Lipinski definition) is 4. The zero-order valence-corrected chi connectivity index (χ0v) is 19.6. The summed E-state index contributed by atoms with van der Waals surface area (Å²) >= 11 is 1.93. The van der Waals surface area contributed by atoms with E-state index < -0.39 is 11.7 Å². The molecule has 1 saturated carbocycles. The second-order valence-electron chi connectivity index (χ2n) is 7.38. The van der Waals surface area contributed by atoms with Gasteiger partial charge in [-0.25, -0.2) is 4.79 Å². The predicted molar refractivity (Wildman–Crippen MR) is 123 cm³/mol. The minimum absolute atomic E-state index is 0. The third-order valence-electron chi connectivity index (χ3n) is 3.77. The highest BCUT2D eigenvalue weighted by Gasteiger charge is 2.43. The second-order valence-corrected chi connectivity index (χ2v) is 8.92. The van der Waals surface area contributed by atoms with Gasteiger partial charge in [-0.05, 0) is 45.7 Å². The molecule has 0 aromatic heterocycles. The van der Waals surface area contributed by atoms with E-state index in [1.807, 2.05) is 38.6 Å². The number of rotatable bonds is 7. The van der Waals surface area contributed by atoms with Crippen LogP contribution in [0.1, 0.15) is 33.6 Å². The molecule has 0 aliphatic heterocycles. The lowest BCUT2D eigenvalue weighted by Crippen LogP contribution is -2.44. The smallest absolute Gasteiger partial charge is 0.407 e. The van der Waals surface area contributed by atoms with Crippen LogP contribution in [0.5, 0.6) is 0 Å². The van der Waals surface area contributed by atoms with Crippen molar-refractivity contribution in [1.29, 1.82) is 0 Å². The Morgan fingerprint density at radius 2 is 1.78 bits per heavy atom. The number of nitrogens with zero attached hydrogens (tertiary/aromatic N) is 1. The summed E-state index contributed by atoms with van der Waals surface area (Å²) in [4.78, 5) is 17.1. The first-order valence-electron chi connectivity index (χ1n) is 8.97. The van der Waals surface area contributed by atoms with Gasteiger partial charge in [0.1, 0.15) is 5.60 Å². The highest BCUT2D eigenvalue weighted by Crippen LogP contribution is 2.51. The number of hydrogen-bond donors (Lipinski definition) is 3. The zero-order chi connectivity index (χ0) is 19.0. The quantitative estimate of drug-likeness (QED) is 0.228. The first-order chi connectivity index (χ1) is 12.3. The molecular formula is C19H31IN4O2S. The topological polar surface area (TPSA) is 74.8 Å². The van der Waals surface area contributed by atoms with Crippen LogP contribution in [0, 0.1) is 0 Å². The van der Waals surface area contributed by atoms with E-state index >= 15 is 0 Å². The molecule has 8 heteroatoms. The van der Waals surface area contributed by atoms with E-state index in [-0.39, 0.29) is 28.7 Å². The van der Waals surface area contributed by atoms with Crippen LogP contribution in [0.15, 0.2) is 40.2 Å². The van der Waals surface area contributed by atoms with Crippen molar-refractivity contribution < 1.29 is 9.53 Å². The van der Waals surface area contributed by atoms with E-state index in [2.05, 4.69) is 45.2 Å². The minimum atomic E-state index is -0.482. The van der Waals surface area contributed by atoms with Crippen molar-refractivity contribution in [3.63, 3.8) is 0 Å². The van der Waals surface area contributed by atoms with E-state index in [0.29, 0.717) is 13.1 Å². The lowest BCUT2D eigenvalue weighted by molar-refractivity contribution is 0.0529. The normalized spacial score (nSPS) is 15.3. The number of carbonyl (C=O) groups excluding carboxylic acids is 1. The molecule has 0 unspecified atom stereocenters. The van der Waals surface area contributed by atoms with Crippen molar-refractivity contribution >= 4 is 47.8 Å². The summed E-state index contributed by atoms with van der Waals surface area (Å²) in [5, 5.41) is 9.33. The molecule has 0 saturated heterocycles. The number of amides is 1. The molecule has 152 valence electrons. The lowest BCUT2D eigenvalue weighted by Gasteiger charge is -2.20. The molecule has 0 atom stereocenters. The molecule has 27 heavy (non-hydrogen) atoms. The summed E-state index contributed by atoms with van der Waals surface area (Å²) in [5.74, 6) is 0.746. The van der Waals surface area contributed by atoms with Crippen LogP contribution in [0.3, 0.4) is 0 Å². The largest absolute Gasteiger partial charge is 0.444 e. The Morgan fingerprint density at radius 3 is 2.33 bits per heavy atom. The van der Waals surface area contributed by atoms with Crippen molar-refractivity contribution in [3.05, 3.63) is 30.3 Å². The zero-order valence-electron chi connectivity index (χ0n) is 16.5. The van der Waals surface area contributed by atoms with Gasteiger partial charge >= 0.3 is 6.09 Å². The molecule has 1 fully saturated rings. The highest BCUT2D eigenvalue weighted by molar-refractivity contribution is 14.0. The Balaban J connectivity index is 0.00000364. The van der Waals surface area contributed by atoms with E-state index in [1.54, 1.807) is 7.05 Å². The van der Waals surface area contributed by atoms with Crippen LogP contribution < -0.4 is 16.0 Å². The summed E-state index contributed by atoms with van der Waals surface area (Å²) in [6, 6.07) is 10.5. The Morgan fingerprint density at radius 1 is 1.15 bits per heavy atom. The Kier molecular flexibility index (Phi) is 9.72. The number of ether oxygens (including phenoxy) is 1. The van der Waals surface area contributed by atoms with Gasteiger partial charge in [-0.1, -0.05) is 18.2 Å². The highest BCUT2D eigenvalue weighted by atomic mass is 127. The van der Waals surface area contributed by atoms with Gasteiger partial charge in [0.2, 0.25) is 0 Å². The summed E-state index contributed by atoms with van der Waals surface area (Å²) in [6.45, 7) is 7.45. The Bertz CT molecular complexity index is 616. The number of thioether (sulfide) groups is 1. The van der Waals surface area contributed by atoms with Crippen molar-refractivity contribution in [1.82, 2.24) is 16.0 Å². The molecule has 1 amide bonds. The number of carbonyl (C=O) groups is 1. The van der Waals surface area contributed by atoms with E-state index in [0.717, 1.165) is 12.5 Å². The van der Waals surface area contributed by atoms with Crippen molar-refractivity contribution in [3.8, 4) is 0 Å². The fourth-order valence-corrected chi connectivity index (χ4v) is 3.56. The maximum atomic E-state index is 11.6. The summed E-state index contributed by atoms with van der Waals surface area (Å²) < 4.78 is 5.46. The predicted octanol–water partition coefficient (Wildman–Crippen LogP) is 3.62. The van der Waals surface area contributed by atoms with Crippen molar-refractivity contribution in [2.45, 2.75) is 48.9 Å². The molecule has 6 nitrogen and oxygen atoms in total. The third-order valence-corrected chi connectivity index (χ3v) is 5.27. The first kappa shape index (κ1) is 23.9. The van der Waals surface area contributed by atoms with E-state index in [1.165, 1.54) is 17.7 Å². The fourth-order valence-electron chi connectivity index (χ4n) is 2.32. The number of halogens is 1. The number of guanidine groups is 1. The molecule has 0 radical (unpaired) electrons. The lowest BCUT2D eigenvalue weighted by atomic mass is 10.2. The van der Waals surface area contributed by atoms with Crippen LogP contribution in [-0.4, -0.2) is 49.1 Å². The summed E-state index contributed by atoms with van der Waals surface area (Å²) in [6.07, 6.45) is 2.01. The molecule has 1 aliphatic rings. The monoisotopic (exact) mass is 506 g/mol. The Labute approximate surface area is 183 Å². The number of nitrogens with one attached hydrogen (secondary N) is 3. The van der Waals surface area contributed by atoms with Gasteiger partial charge in [-0.15, -0.1) is 35.7 Å². The van der Waals surface area contributed by atoms with Crippen LogP contribution in [0.25, 0.3) is 0 Å². The first-order valence-corrected chi connectivity index (χ1v) is 9.79. The van der Waals surface area contributed by atoms with Gasteiger partial charge in [0.15, 0.2) is 5.96 Å². The maximum absolute atomic E-state index is 11.6. The minimum Gasteiger partial charge on any atom is -0.444 e. The van der Waals surface area contributed by atoms with Crippen LogP contribution in [-0.2, 0) is 4.74 Å². The Hall–Kier alpha value is -1.16. The molecule has 2 rings (SSSR count). The van der Waals surface area contributed by atoms with Gasteiger partial charge in [0.25, 0.3) is 0 Å². The van der Waals surface area contributed by atoms with Gasteiger partial charge < -0.3 is 20.7 Å². The fraction of sp³-hybridized carbons (Fsp3) is 0.579. The van der Waals surface area contributed by atoms with Gasteiger partial charge in [0.05, 0.1) is 0 Å². The van der Waals surface area contributed by atoms with Crippen molar-refractivity contribution in [2.24, 2.45) is 4.99 Å². The SMILES string of the molecule is CN=C(NCCNC(=O)OC(C)(C)C)NCC1(Sc2ccccc2)CC1.I. The summed E-state index contributed by atoms with van der Waals surface area (Å²) in [7, 11) is 1.75.